The smallest absolute Gasteiger partial charge is 0.255 e. The van der Waals surface area contributed by atoms with Gasteiger partial charge in [-0.3, -0.25) is 9.78 Å². The zero-order valence-corrected chi connectivity index (χ0v) is 16.8. The summed E-state index contributed by atoms with van der Waals surface area (Å²) in [5.74, 6) is -0.823. The Morgan fingerprint density at radius 3 is 2.41 bits per heavy atom. The molecule has 2 N–H and O–H groups in total. The van der Waals surface area contributed by atoms with Gasteiger partial charge < -0.3 is 5.32 Å². The maximum Gasteiger partial charge on any atom is 0.255 e. The fourth-order valence-corrected chi connectivity index (χ4v) is 3.80. The first kappa shape index (κ1) is 20.6. The molecule has 6 nitrogen and oxygen atoms in total. The highest BCUT2D eigenvalue weighted by atomic mass is 32.2. The highest BCUT2D eigenvalue weighted by Gasteiger charge is 2.14. The largest absolute Gasteiger partial charge is 0.322 e. The molecule has 0 aliphatic carbocycles. The van der Waals surface area contributed by atoms with E-state index in [9.17, 15) is 17.6 Å². The highest BCUT2D eigenvalue weighted by molar-refractivity contribution is 7.89. The lowest BCUT2D eigenvalue weighted by molar-refractivity contribution is 0.102. The van der Waals surface area contributed by atoms with Crippen LogP contribution in [-0.4, -0.2) is 25.9 Å². The third kappa shape index (κ3) is 4.85. The lowest BCUT2D eigenvalue weighted by atomic mass is 10.0. The number of halogens is 1. The van der Waals surface area contributed by atoms with Crippen LogP contribution in [0.5, 0.6) is 0 Å². The standard InChI is InChI=1S/C21H20FN3O3S/c1-3-24-29(27,28)19-8-6-15(7-9-19)21(26)25-20-11-16(5-4-14(20)2)17-10-18(22)13-23-12-17/h4-13,24H,3H2,1-2H3,(H,25,26). The Kier molecular flexibility index (Phi) is 6.05. The van der Waals surface area contributed by atoms with Crippen LogP contribution in [0.3, 0.4) is 0 Å². The molecule has 3 rings (SSSR count). The van der Waals surface area contributed by atoms with Crippen molar-refractivity contribution in [3.8, 4) is 11.1 Å². The maximum atomic E-state index is 13.4. The van der Waals surface area contributed by atoms with Gasteiger partial charge in [0.2, 0.25) is 10.0 Å². The summed E-state index contributed by atoms with van der Waals surface area (Å²) in [6.45, 7) is 3.81. The zero-order valence-electron chi connectivity index (χ0n) is 15.9. The molecule has 0 aliphatic heterocycles. The molecule has 0 fully saturated rings. The Bertz CT molecular complexity index is 1150. The topological polar surface area (TPSA) is 88.2 Å². The number of sulfonamides is 1. The van der Waals surface area contributed by atoms with Crippen LogP contribution >= 0.6 is 0 Å². The predicted octanol–water partition coefficient (Wildman–Crippen LogP) is 3.75. The van der Waals surface area contributed by atoms with Gasteiger partial charge in [-0.05, 0) is 54.4 Å². The van der Waals surface area contributed by atoms with Gasteiger partial charge in [0.1, 0.15) is 5.82 Å². The van der Waals surface area contributed by atoms with E-state index in [0.717, 1.165) is 11.8 Å². The maximum absolute atomic E-state index is 13.4. The lowest BCUT2D eigenvalue weighted by Crippen LogP contribution is -2.23. The van der Waals surface area contributed by atoms with Crippen LogP contribution in [-0.2, 0) is 10.0 Å². The SMILES string of the molecule is CCNS(=O)(=O)c1ccc(C(=O)Nc2cc(-c3cncc(F)c3)ccc2C)cc1. The van der Waals surface area contributed by atoms with E-state index in [0.29, 0.717) is 22.4 Å². The number of carbonyl (C=O) groups is 1. The first-order valence-electron chi connectivity index (χ1n) is 8.93. The van der Waals surface area contributed by atoms with Crippen molar-refractivity contribution in [1.82, 2.24) is 9.71 Å². The molecule has 0 saturated carbocycles. The van der Waals surface area contributed by atoms with Gasteiger partial charge >= 0.3 is 0 Å². The van der Waals surface area contributed by atoms with Crippen molar-refractivity contribution >= 4 is 21.6 Å². The van der Waals surface area contributed by atoms with Gasteiger partial charge in [-0.25, -0.2) is 17.5 Å². The van der Waals surface area contributed by atoms with Crippen LogP contribution in [0.25, 0.3) is 11.1 Å². The van der Waals surface area contributed by atoms with Crippen molar-refractivity contribution in [1.29, 1.82) is 0 Å². The molecule has 1 heterocycles. The third-order valence-corrected chi connectivity index (χ3v) is 5.85. The summed E-state index contributed by atoms with van der Waals surface area (Å²) < 4.78 is 39.9. The number of hydrogen-bond donors (Lipinski definition) is 2. The Morgan fingerprint density at radius 1 is 1.03 bits per heavy atom. The molecular weight excluding hydrogens is 393 g/mol. The summed E-state index contributed by atoms with van der Waals surface area (Å²) in [7, 11) is -3.58. The van der Waals surface area contributed by atoms with Crippen molar-refractivity contribution in [2.75, 3.05) is 11.9 Å². The summed E-state index contributed by atoms with van der Waals surface area (Å²) in [4.78, 5) is 16.5. The Balaban J connectivity index is 1.83. The number of nitrogens with zero attached hydrogens (tertiary/aromatic N) is 1. The summed E-state index contributed by atoms with van der Waals surface area (Å²) in [6.07, 6.45) is 2.67. The Hall–Kier alpha value is -3.10. The van der Waals surface area contributed by atoms with Crippen molar-refractivity contribution in [2.24, 2.45) is 0 Å². The molecule has 3 aromatic rings. The molecular formula is C21H20FN3O3S. The summed E-state index contributed by atoms with van der Waals surface area (Å²) in [5, 5.41) is 2.82. The summed E-state index contributed by atoms with van der Waals surface area (Å²) in [5.41, 5.74) is 3.03. The molecule has 0 radical (unpaired) electrons. The molecule has 2 aromatic carbocycles. The number of carbonyl (C=O) groups excluding carboxylic acids is 1. The fraction of sp³-hybridized carbons (Fsp3) is 0.143. The molecule has 1 amide bonds. The van der Waals surface area contributed by atoms with Gasteiger partial charge in [0.25, 0.3) is 5.91 Å². The number of nitrogens with one attached hydrogen (secondary N) is 2. The molecule has 8 heteroatoms. The molecule has 0 saturated heterocycles. The van der Waals surface area contributed by atoms with E-state index in [-0.39, 0.29) is 17.3 Å². The first-order chi connectivity index (χ1) is 13.8. The van der Waals surface area contributed by atoms with Crippen LogP contribution in [0.15, 0.2) is 65.8 Å². The number of benzene rings is 2. The van der Waals surface area contributed by atoms with Gasteiger partial charge in [0, 0.05) is 29.6 Å². The molecule has 0 bridgehead atoms. The van der Waals surface area contributed by atoms with Crippen LogP contribution < -0.4 is 10.0 Å². The number of hydrogen-bond acceptors (Lipinski definition) is 4. The van der Waals surface area contributed by atoms with Crippen LogP contribution in [0.4, 0.5) is 10.1 Å². The minimum absolute atomic E-state index is 0.0904. The van der Waals surface area contributed by atoms with Gasteiger partial charge in [-0.1, -0.05) is 19.1 Å². The van der Waals surface area contributed by atoms with Gasteiger partial charge in [-0.2, -0.15) is 0 Å². The lowest BCUT2D eigenvalue weighted by Gasteiger charge is -2.11. The minimum Gasteiger partial charge on any atom is -0.322 e. The second-order valence-electron chi connectivity index (χ2n) is 6.40. The van der Waals surface area contributed by atoms with Crippen molar-refractivity contribution in [3.05, 3.63) is 77.9 Å². The highest BCUT2D eigenvalue weighted by Crippen LogP contribution is 2.26. The van der Waals surface area contributed by atoms with Gasteiger partial charge in [0.05, 0.1) is 11.1 Å². The van der Waals surface area contributed by atoms with E-state index in [4.69, 9.17) is 0 Å². The molecule has 29 heavy (non-hydrogen) atoms. The van der Waals surface area contributed by atoms with E-state index in [2.05, 4.69) is 15.0 Å². The molecule has 150 valence electrons. The fourth-order valence-electron chi connectivity index (χ4n) is 2.76. The molecule has 1 aromatic heterocycles. The number of anilines is 1. The van der Waals surface area contributed by atoms with E-state index in [1.165, 1.54) is 30.3 Å². The number of aromatic nitrogens is 1. The number of amides is 1. The number of pyridine rings is 1. The van der Waals surface area contributed by atoms with Gasteiger partial charge in [-0.15, -0.1) is 0 Å². The Labute approximate surface area is 168 Å². The predicted molar refractivity (Wildman–Crippen MR) is 110 cm³/mol. The summed E-state index contributed by atoms with van der Waals surface area (Å²) >= 11 is 0. The van der Waals surface area contributed by atoms with Crippen LogP contribution in [0.2, 0.25) is 0 Å². The zero-order chi connectivity index (χ0) is 21.0. The molecule has 0 atom stereocenters. The monoisotopic (exact) mass is 413 g/mol. The summed E-state index contributed by atoms with van der Waals surface area (Å²) in [6, 6.07) is 12.4. The van der Waals surface area contributed by atoms with E-state index in [1.807, 2.05) is 19.1 Å². The average Bonchev–Trinajstić information content (AvgIpc) is 2.69. The van der Waals surface area contributed by atoms with Crippen molar-refractivity contribution in [3.63, 3.8) is 0 Å². The first-order valence-corrected chi connectivity index (χ1v) is 10.4. The van der Waals surface area contributed by atoms with E-state index >= 15 is 0 Å². The quantitative estimate of drug-likeness (QED) is 0.644. The molecule has 0 unspecified atom stereocenters. The van der Waals surface area contributed by atoms with Crippen molar-refractivity contribution < 1.29 is 17.6 Å². The van der Waals surface area contributed by atoms with Crippen LogP contribution in [0, 0.1) is 12.7 Å². The average molecular weight is 413 g/mol. The van der Waals surface area contributed by atoms with Crippen molar-refractivity contribution in [2.45, 2.75) is 18.7 Å². The third-order valence-electron chi connectivity index (χ3n) is 4.29. The Morgan fingerprint density at radius 2 is 1.76 bits per heavy atom. The van der Waals surface area contributed by atoms with Crippen LogP contribution in [0.1, 0.15) is 22.8 Å². The normalized spacial score (nSPS) is 11.3. The van der Waals surface area contributed by atoms with E-state index < -0.39 is 15.8 Å². The van der Waals surface area contributed by atoms with Gasteiger partial charge in [0.15, 0.2) is 0 Å². The van der Waals surface area contributed by atoms with E-state index in [1.54, 1.807) is 19.2 Å². The number of aryl methyl sites for hydroxylation is 1. The second kappa shape index (κ2) is 8.50. The molecule has 0 aliphatic rings. The molecule has 0 spiro atoms. The minimum atomic E-state index is -3.58. The number of rotatable bonds is 6. The second-order valence-corrected chi connectivity index (χ2v) is 8.17.